The molecule has 0 amide bonds. The first-order valence-corrected chi connectivity index (χ1v) is 9.87. The largest absolute Gasteiger partial charge is 0.505 e. The molecule has 0 saturated heterocycles. The second-order valence-corrected chi connectivity index (χ2v) is 9.81. The number of thioether (sulfide) groups is 1. The smallest absolute Gasteiger partial charge is 0.134 e. The van der Waals surface area contributed by atoms with Crippen molar-refractivity contribution in [3.8, 4) is 0 Å². The van der Waals surface area contributed by atoms with Gasteiger partial charge in [0.15, 0.2) is 0 Å². The van der Waals surface area contributed by atoms with Gasteiger partial charge in [0.25, 0.3) is 0 Å². The highest BCUT2D eigenvalue weighted by Gasteiger charge is 2.18. The lowest BCUT2D eigenvalue weighted by molar-refractivity contribution is 0.327. The molecule has 1 nitrogen and oxygen atoms in total. The molecule has 0 aromatic heterocycles. The van der Waals surface area contributed by atoms with E-state index in [1.165, 1.54) is 31.4 Å². The van der Waals surface area contributed by atoms with Crippen molar-refractivity contribution in [1.29, 1.82) is 0 Å². The molecular weight excluding hydrogens is 287 g/mol. The lowest BCUT2D eigenvalue weighted by atomic mass is 9.67. The van der Waals surface area contributed by atoms with Crippen molar-refractivity contribution in [1.82, 2.24) is 0 Å². The van der Waals surface area contributed by atoms with E-state index in [4.69, 9.17) is 0 Å². The molecule has 0 heterocycles. The summed E-state index contributed by atoms with van der Waals surface area (Å²) >= 11 is 2.06. The summed E-state index contributed by atoms with van der Waals surface area (Å²) < 4.78 is 0. The molecule has 0 aromatic carbocycles. The fourth-order valence-electron chi connectivity index (χ4n) is 2.81. The van der Waals surface area contributed by atoms with Gasteiger partial charge in [-0.05, 0) is 35.7 Å². The van der Waals surface area contributed by atoms with E-state index in [0.717, 1.165) is 18.1 Å². The standard InChI is InChI=1S/C19H37BOS/c1-7-17(21)11-12-18(3,4)15-22-13-9-8-10-16(2)14-19(5,6)20/h16,21H,1,8-15,20H2,2-6H3. The van der Waals surface area contributed by atoms with Crippen molar-refractivity contribution in [2.75, 3.05) is 11.5 Å². The van der Waals surface area contributed by atoms with E-state index in [0.29, 0.717) is 17.5 Å². The predicted molar refractivity (Wildman–Crippen MR) is 106 cm³/mol. The molecule has 0 bridgehead atoms. The fourth-order valence-corrected chi connectivity index (χ4v) is 4.06. The monoisotopic (exact) mass is 324 g/mol. The zero-order chi connectivity index (χ0) is 17.2. The van der Waals surface area contributed by atoms with Crippen LogP contribution in [0, 0.1) is 11.3 Å². The molecule has 1 atom stereocenters. The molecule has 0 aliphatic carbocycles. The van der Waals surface area contributed by atoms with Gasteiger partial charge in [-0.1, -0.05) is 71.5 Å². The number of unbranched alkanes of at least 4 members (excludes halogenated alkanes) is 1. The van der Waals surface area contributed by atoms with Gasteiger partial charge in [-0.2, -0.15) is 11.8 Å². The highest BCUT2D eigenvalue weighted by molar-refractivity contribution is 7.99. The third-order valence-corrected chi connectivity index (χ3v) is 5.49. The molecule has 128 valence electrons. The Bertz CT molecular complexity index is 351. The van der Waals surface area contributed by atoms with Crippen LogP contribution in [0.5, 0.6) is 0 Å². The molecular formula is C19H37BOS. The van der Waals surface area contributed by atoms with E-state index >= 15 is 0 Å². The van der Waals surface area contributed by atoms with Gasteiger partial charge in [0.05, 0.1) is 0 Å². The molecule has 0 fully saturated rings. The Morgan fingerprint density at radius 3 is 2.45 bits per heavy atom. The maximum Gasteiger partial charge on any atom is 0.134 e. The zero-order valence-electron chi connectivity index (χ0n) is 15.8. The van der Waals surface area contributed by atoms with Gasteiger partial charge in [-0.3, -0.25) is 0 Å². The van der Waals surface area contributed by atoms with Gasteiger partial charge in [0, 0.05) is 6.42 Å². The van der Waals surface area contributed by atoms with Crippen LogP contribution < -0.4 is 0 Å². The van der Waals surface area contributed by atoms with Gasteiger partial charge >= 0.3 is 0 Å². The molecule has 1 unspecified atom stereocenters. The van der Waals surface area contributed by atoms with Crippen LogP contribution in [0.25, 0.3) is 0 Å². The van der Waals surface area contributed by atoms with Crippen LogP contribution in [-0.4, -0.2) is 24.5 Å². The molecule has 3 heteroatoms. The van der Waals surface area contributed by atoms with Gasteiger partial charge in [-0.25, -0.2) is 0 Å². The summed E-state index contributed by atoms with van der Waals surface area (Å²) in [7, 11) is 2.33. The van der Waals surface area contributed by atoms with Gasteiger partial charge in [-0.15, -0.1) is 0 Å². The number of allylic oxidation sites excluding steroid dienone is 1. The second kappa shape index (κ2) is 10.5. The second-order valence-electron chi connectivity index (χ2n) is 8.71. The number of aliphatic hydroxyl groups excluding tert-OH is 1. The Kier molecular flexibility index (Phi) is 10.4. The van der Waals surface area contributed by atoms with Crippen LogP contribution in [0.1, 0.15) is 73.1 Å². The minimum absolute atomic E-state index is 0.273. The Hall–Kier alpha value is -0.265. The summed E-state index contributed by atoms with van der Waals surface area (Å²) in [5.74, 6) is 3.56. The average molecular weight is 324 g/mol. The number of hydrogen-bond donors (Lipinski definition) is 1. The average Bonchev–Trinajstić information content (AvgIpc) is 2.38. The van der Waals surface area contributed by atoms with Crippen molar-refractivity contribution < 1.29 is 5.11 Å². The third-order valence-electron chi connectivity index (χ3n) is 3.93. The van der Waals surface area contributed by atoms with Crippen molar-refractivity contribution in [2.45, 2.75) is 78.5 Å². The van der Waals surface area contributed by atoms with Gasteiger partial charge in [0.1, 0.15) is 13.6 Å². The van der Waals surface area contributed by atoms with E-state index in [2.05, 4.69) is 66.5 Å². The van der Waals surface area contributed by atoms with Crippen molar-refractivity contribution in [2.24, 2.45) is 11.3 Å². The molecule has 0 aliphatic heterocycles. The van der Waals surface area contributed by atoms with Crippen LogP contribution in [0.3, 0.4) is 0 Å². The van der Waals surface area contributed by atoms with E-state index in [-0.39, 0.29) is 5.41 Å². The molecule has 0 aliphatic rings. The zero-order valence-corrected chi connectivity index (χ0v) is 16.6. The summed E-state index contributed by atoms with van der Waals surface area (Å²) in [6.45, 7) is 15.1. The normalized spacial score (nSPS) is 13.7. The summed E-state index contributed by atoms with van der Waals surface area (Å²) in [5.41, 5.74) is 2.84. The molecule has 0 aromatic rings. The van der Waals surface area contributed by atoms with Crippen LogP contribution in [0.15, 0.2) is 18.1 Å². The molecule has 0 saturated carbocycles. The SMILES string of the molecule is BC(C)(C)CC(C)CCCCSCC(C)(C)CCC(O)=C=C. The first kappa shape index (κ1) is 21.7. The summed E-state index contributed by atoms with van der Waals surface area (Å²) in [5, 5.41) is 9.89. The van der Waals surface area contributed by atoms with Gasteiger partial charge < -0.3 is 5.11 Å². The number of aliphatic hydroxyl groups is 1. The Balaban J connectivity index is 3.69. The first-order chi connectivity index (χ1) is 10.1. The van der Waals surface area contributed by atoms with E-state index in [1.54, 1.807) is 0 Å². The molecule has 1 N–H and O–H groups in total. The Morgan fingerprint density at radius 2 is 1.91 bits per heavy atom. The van der Waals surface area contributed by atoms with E-state index in [1.807, 2.05) is 0 Å². The van der Waals surface area contributed by atoms with Crippen molar-refractivity contribution in [3.63, 3.8) is 0 Å². The first-order valence-electron chi connectivity index (χ1n) is 8.71. The lowest BCUT2D eigenvalue weighted by Crippen LogP contribution is -2.15. The third kappa shape index (κ3) is 13.4. The summed E-state index contributed by atoms with van der Waals surface area (Å²) in [4.78, 5) is 0. The quantitative estimate of drug-likeness (QED) is 0.212. The van der Waals surface area contributed by atoms with Crippen LogP contribution in [-0.2, 0) is 0 Å². The fraction of sp³-hybridized carbons (Fsp3) is 0.842. The predicted octanol–water partition coefficient (Wildman–Crippen LogP) is 5.78. The Morgan fingerprint density at radius 1 is 1.27 bits per heavy atom. The van der Waals surface area contributed by atoms with Gasteiger partial charge in [0.2, 0.25) is 0 Å². The minimum atomic E-state index is 0.273. The number of rotatable bonds is 12. The summed E-state index contributed by atoms with van der Waals surface area (Å²) in [6.07, 6.45) is 7.06. The topological polar surface area (TPSA) is 20.2 Å². The maximum absolute atomic E-state index is 9.43. The van der Waals surface area contributed by atoms with E-state index in [9.17, 15) is 5.11 Å². The van der Waals surface area contributed by atoms with E-state index < -0.39 is 0 Å². The molecule has 0 spiro atoms. The molecule has 0 radical (unpaired) electrons. The lowest BCUT2D eigenvalue weighted by Gasteiger charge is -2.24. The minimum Gasteiger partial charge on any atom is -0.505 e. The summed E-state index contributed by atoms with van der Waals surface area (Å²) in [6, 6.07) is 0. The molecule has 22 heavy (non-hydrogen) atoms. The van der Waals surface area contributed by atoms with Crippen LogP contribution in [0.2, 0.25) is 5.31 Å². The Labute approximate surface area is 144 Å². The highest BCUT2D eigenvalue weighted by atomic mass is 32.2. The maximum atomic E-state index is 9.43. The van der Waals surface area contributed by atoms with Crippen LogP contribution >= 0.6 is 11.8 Å². The van der Waals surface area contributed by atoms with Crippen molar-refractivity contribution in [3.05, 3.63) is 18.1 Å². The number of hydrogen-bond acceptors (Lipinski definition) is 2. The van der Waals surface area contributed by atoms with Crippen molar-refractivity contribution >= 4 is 19.6 Å². The van der Waals surface area contributed by atoms with Crippen LogP contribution in [0.4, 0.5) is 0 Å². The highest BCUT2D eigenvalue weighted by Crippen LogP contribution is 2.31. The molecule has 0 rings (SSSR count).